The van der Waals surface area contributed by atoms with Crippen LogP contribution in [0.15, 0.2) is 42.5 Å². The van der Waals surface area contributed by atoms with Crippen molar-refractivity contribution in [3.05, 3.63) is 48.0 Å². The summed E-state index contributed by atoms with van der Waals surface area (Å²) in [6.07, 6.45) is 3.78. The minimum atomic E-state index is 0.658. The van der Waals surface area contributed by atoms with Gasteiger partial charge in [0.15, 0.2) is 0 Å². The molecule has 3 unspecified atom stereocenters. The van der Waals surface area contributed by atoms with Crippen molar-refractivity contribution >= 4 is 10.8 Å². The molecule has 0 aromatic heterocycles. The molecule has 3 atom stereocenters. The number of hydrogen-bond donors (Lipinski definition) is 1. The number of fused-ring (bicyclic) bond motifs is 1. The molecule has 2 aromatic rings. The lowest BCUT2D eigenvalue weighted by Crippen LogP contribution is -2.34. The number of hydrogen-bond acceptors (Lipinski definition) is 1. The first-order chi connectivity index (χ1) is 9.78. The Bertz CT molecular complexity index is 575. The van der Waals surface area contributed by atoms with Crippen LogP contribution in [-0.2, 0) is 6.42 Å². The molecule has 106 valence electrons. The van der Waals surface area contributed by atoms with Crippen molar-refractivity contribution in [2.75, 3.05) is 6.54 Å². The summed E-state index contributed by atoms with van der Waals surface area (Å²) >= 11 is 0. The van der Waals surface area contributed by atoms with E-state index in [1.165, 1.54) is 35.6 Å². The highest BCUT2D eigenvalue weighted by molar-refractivity contribution is 5.82. The molecule has 1 saturated carbocycles. The molecule has 0 radical (unpaired) electrons. The Labute approximate surface area is 122 Å². The van der Waals surface area contributed by atoms with Crippen molar-refractivity contribution in [3.8, 4) is 0 Å². The molecular formula is C19H25N. The highest BCUT2D eigenvalue weighted by Crippen LogP contribution is 2.41. The predicted octanol–water partition coefficient (Wildman–Crippen LogP) is 4.41. The quantitative estimate of drug-likeness (QED) is 0.817. The fraction of sp³-hybridized carbons (Fsp3) is 0.474. The Kier molecular flexibility index (Phi) is 4.07. The second kappa shape index (κ2) is 5.97. The summed E-state index contributed by atoms with van der Waals surface area (Å²) in [6, 6.07) is 16.2. The second-order valence-corrected chi connectivity index (χ2v) is 6.32. The lowest BCUT2D eigenvalue weighted by molar-refractivity contribution is 0.444. The molecule has 1 aliphatic rings. The SMILES string of the molecule is CCCNC(Cc1ccc2ccccc2c1)C1CC1C. The van der Waals surface area contributed by atoms with Gasteiger partial charge in [-0.05, 0) is 54.0 Å². The lowest BCUT2D eigenvalue weighted by atomic mass is 9.98. The van der Waals surface area contributed by atoms with E-state index in [-0.39, 0.29) is 0 Å². The van der Waals surface area contributed by atoms with Crippen LogP contribution >= 0.6 is 0 Å². The van der Waals surface area contributed by atoms with Gasteiger partial charge in [-0.25, -0.2) is 0 Å². The van der Waals surface area contributed by atoms with E-state index in [9.17, 15) is 0 Å². The number of benzene rings is 2. The Morgan fingerprint density at radius 2 is 1.90 bits per heavy atom. The van der Waals surface area contributed by atoms with Crippen molar-refractivity contribution in [1.29, 1.82) is 0 Å². The fourth-order valence-corrected chi connectivity index (χ4v) is 3.24. The van der Waals surface area contributed by atoms with Crippen molar-refractivity contribution in [1.82, 2.24) is 5.32 Å². The largest absolute Gasteiger partial charge is 0.313 e. The van der Waals surface area contributed by atoms with E-state index in [0.717, 1.165) is 18.4 Å². The van der Waals surface area contributed by atoms with Gasteiger partial charge >= 0.3 is 0 Å². The van der Waals surface area contributed by atoms with Gasteiger partial charge in [0.05, 0.1) is 0 Å². The van der Waals surface area contributed by atoms with Gasteiger partial charge in [-0.2, -0.15) is 0 Å². The van der Waals surface area contributed by atoms with Crippen LogP contribution in [0.25, 0.3) is 10.8 Å². The van der Waals surface area contributed by atoms with E-state index in [4.69, 9.17) is 0 Å². The van der Waals surface area contributed by atoms with E-state index in [1.54, 1.807) is 0 Å². The summed E-state index contributed by atoms with van der Waals surface area (Å²) < 4.78 is 0. The molecule has 1 N–H and O–H groups in total. The molecule has 2 aromatic carbocycles. The Morgan fingerprint density at radius 1 is 1.15 bits per heavy atom. The zero-order valence-corrected chi connectivity index (χ0v) is 12.6. The Hall–Kier alpha value is -1.34. The molecule has 20 heavy (non-hydrogen) atoms. The highest BCUT2D eigenvalue weighted by atomic mass is 14.9. The topological polar surface area (TPSA) is 12.0 Å². The first-order valence-electron chi connectivity index (χ1n) is 7.99. The van der Waals surface area contributed by atoms with Gasteiger partial charge in [0.1, 0.15) is 0 Å². The van der Waals surface area contributed by atoms with Crippen LogP contribution < -0.4 is 5.32 Å². The Balaban J connectivity index is 1.75. The minimum Gasteiger partial charge on any atom is -0.313 e. The van der Waals surface area contributed by atoms with Crippen LogP contribution in [0, 0.1) is 11.8 Å². The summed E-state index contributed by atoms with van der Waals surface area (Å²) in [5.41, 5.74) is 1.47. The molecule has 0 bridgehead atoms. The third-order valence-electron chi connectivity index (χ3n) is 4.61. The number of rotatable bonds is 6. The van der Waals surface area contributed by atoms with Gasteiger partial charge in [0.25, 0.3) is 0 Å². The maximum absolute atomic E-state index is 3.76. The van der Waals surface area contributed by atoms with E-state index >= 15 is 0 Å². The molecule has 3 rings (SSSR count). The molecule has 1 fully saturated rings. The van der Waals surface area contributed by atoms with Crippen molar-refractivity contribution in [2.24, 2.45) is 11.8 Å². The van der Waals surface area contributed by atoms with Crippen LogP contribution in [0.5, 0.6) is 0 Å². The van der Waals surface area contributed by atoms with Gasteiger partial charge in [-0.1, -0.05) is 56.3 Å². The van der Waals surface area contributed by atoms with Crippen molar-refractivity contribution in [2.45, 2.75) is 39.2 Å². The van der Waals surface area contributed by atoms with Crippen LogP contribution in [0.4, 0.5) is 0 Å². The van der Waals surface area contributed by atoms with Crippen LogP contribution in [-0.4, -0.2) is 12.6 Å². The van der Waals surface area contributed by atoms with E-state index in [1.807, 2.05) is 0 Å². The molecule has 0 saturated heterocycles. The zero-order chi connectivity index (χ0) is 13.9. The fourth-order valence-electron chi connectivity index (χ4n) is 3.24. The van der Waals surface area contributed by atoms with Crippen LogP contribution in [0.1, 0.15) is 32.3 Å². The zero-order valence-electron chi connectivity index (χ0n) is 12.6. The molecule has 1 heteroatoms. The monoisotopic (exact) mass is 267 g/mol. The normalized spacial score (nSPS) is 22.9. The molecule has 1 nitrogen and oxygen atoms in total. The summed E-state index contributed by atoms with van der Waals surface area (Å²) in [5, 5.41) is 6.46. The minimum absolute atomic E-state index is 0.658. The maximum Gasteiger partial charge on any atom is 0.0138 e. The van der Waals surface area contributed by atoms with Crippen molar-refractivity contribution in [3.63, 3.8) is 0 Å². The van der Waals surface area contributed by atoms with Gasteiger partial charge in [0, 0.05) is 6.04 Å². The summed E-state index contributed by atoms with van der Waals surface area (Å²) in [7, 11) is 0. The number of nitrogens with one attached hydrogen (secondary N) is 1. The van der Waals surface area contributed by atoms with Crippen LogP contribution in [0.2, 0.25) is 0 Å². The molecular weight excluding hydrogens is 242 g/mol. The molecule has 0 aliphatic heterocycles. The highest BCUT2D eigenvalue weighted by Gasteiger charge is 2.38. The van der Waals surface area contributed by atoms with E-state index in [2.05, 4.69) is 61.6 Å². The van der Waals surface area contributed by atoms with E-state index < -0.39 is 0 Å². The van der Waals surface area contributed by atoms with Gasteiger partial charge in [0.2, 0.25) is 0 Å². The van der Waals surface area contributed by atoms with Gasteiger partial charge < -0.3 is 5.32 Å². The standard InChI is InChI=1S/C19H25N/c1-3-10-20-19(18-11-14(18)2)13-15-8-9-16-6-4-5-7-17(16)12-15/h4-9,12,14,18-20H,3,10-11,13H2,1-2H3. The molecule has 0 heterocycles. The summed E-state index contributed by atoms with van der Waals surface area (Å²) in [5.74, 6) is 1.79. The predicted molar refractivity (Wildman–Crippen MR) is 87.0 cm³/mol. The second-order valence-electron chi connectivity index (χ2n) is 6.32. The third kappa shape index (κ3) is 3.04. The molecule has 1 aliphatic carbocycles. The smallest absolute Gasteiger partial charge is 0.0138 e. The molecule has 0 spiro atoms. The summed E-state index contributed by atoms with van der Waals surface area (Å²) in [6.45, 7) is 5.77. The van der Waals surface area contributed by atoms with Gasteiger partial charge in [-0.15, -0.1) is 0 Å². The van der Waals surface area contributed by atoms with Crippen LogP contribution in [0.3, 0.4) is 0 Å². The summed E-state index contributed by atoms with van der Waals surface area (Å²) in [4.78, 5) is 0. The first-order valence-corrected chi connectivity index (χ1v) is 7.99. The molecule has 0 amide bonds. The Morgan fingerprint density at radius 3 is 2.60 bits per heavy atom. The lowest BCUT2D eigenvalue weighted by Gasteiger charge is -2.19. The third-order valence-corrected chi connectivity index (χ3v) is 4.61. The average Bonchev–Trinajstić information content (AvgIpc) is 3.20. The first kappa shape index (κ1) is 13.6. The van der Waals surface area contributed by atoms with Gasteiger partial charge in [-0.3, -0.25) is 0 Å². The van der Waals surface area contributed by atoms with Crippen molar-refractivity contribution < 1.29 is 0 Å². The maximum atomic E-state index is 3.76. The average molecular weight is 267 g/mol. The van der Waals surface area contributed by atoms with E-state index in [0.29, 0.717) is 6.04 Å².